The summed E-state index contributed by atoms with van der Waals surface area (Å²) in [6, 6.07) is 0.638. The first kappa shape index (κ1) is 10.5. The van der Waals surface area contributed by atoms with Crippen molar-refractivity contribution in [3.63, 3.8) is 0 Å². The van der Waals surface area contributed by atoms with E-state index in [-0.39, 0.29) is 0 Å². The highest BCUT2D eigenvalue weighted by Crippen LogP contribution is 2.04. The van der Waals surface area contributed by atoms with Crippen LogP contribution in [0.2, 0.25) is 0 Å². The van der Waals surface area contributed by atoms with Crippen LogP contribution < -0.4 is 5.32 Å². The molecule has 63 valence electrons. The molecule has 0 saturated carbocycles. The van der Waals surface area contributed by atoms with Crippen molar-refractivity contribution in [3.05, 3.63) is 6.42 Å². The molecular weight excluding hydrogens is 134 g/mol. The standard InChI is InChI=1S/C10H18N/c1-4-5-6-7-8-9-10(2)11-3/h10-11H,5-9H2,2-3H3. The lowest BCUT2D eigenvalue weighted by molar-refractivity contribution is 0.522. The van der Waals surface area contributed by atoms with Gasteiger partial charge < -0.3 is 5.32 Å². The van der Waals surface area contributed by atoms with E-state index in [1.54, 1.807) is 0 Å². The topological polar surface area (TPSA) is 12.0 Å². The van der Waals surface area contributed by atoms with Gasteiger partial charge in [-0.05, 0) is 33.2 Å². The number of rotatable bonds is 6. The molecule has 0 aliphatic heterocycles. The second kappa shape index (κ2) is 7.63. The maximum Gasteiger partial charge on any atom is 0.00989 e. The minimum atomic E-state index is 0.638. The number of unbranched alkanes of at least 4 members (excludes halogenated alkanes) is 3. The monoisotopic (exact) mass is 152 g/mol. The van der Waals surface area contributed by atoms with E-state index < -0.39 is 0 Å². The fourth-order valence-electron chi connectivity index (χ4n) is 0.985. The maximum absolute atomic E-state index is 6.70. The molecule has 0 spiro atoms. The predicted octanol–water partition coefficient (Wildman–Crippen LogP) is 2.13. The van der Waals surface area contributed by atoms with Crippen molar-refractivity contribution in [2.24, 2.45) is 0 Å². The van der Waals surface area contributed by atoms with Crippen LogP contribution in [0.5, 0.6) is 0 Å². The normalized spacial score (nSPS) is 12.5. The van der Waals surface area contributed by atoms with Crippen LogP contribution in [0.15, 0.2) is 0 Å². The van der Waals surface area contributed by atoms with Crippen molar-refractivity contribution in [2.75, 3.05) is 7.05 Å². The zero-order valence-electron chi connectivity index (χ0n) is 7.61. The molecular formula is C10H18N. The molecule has 1 nitrogen and oxygen atoms in total. The van der Waals surface area contributed by atoms with Crippen molar-refractivity contribution in [1.29, 1.82) is 0 Å². The highest BCUT2D eigenvalue weighted by Gasteiger charge is 1.95. The van der Waals surface area contributed by atoms with Gasteiger partial charge in [-0.2, -0.15) is 0 Å². The molecule has 1 N–H and O–H groups in total. The summed E-state index contributed by atoms with van der Waals surface area (Å²) in [6.07, 6.45) is 12.4. The summed E-state index contributed by atoms with van der Waals surface area (Å²) in [6.45, 7) is 2.20. The van der Waals surface area contributed by atoms with Gasteiger partial charge in [0.05, 0.1) is 0 Å². The minimum absolute atomic E-state index is 0.638. The smallest absolute Gasteiger partial charge is 0.00989 e. The maximum atomic E-state index is 6.70. The van der Waals surface area contributed by atoms with E-state index in [1.807, 2.05) is 7.05 Å². The van der Waals surface area contributed by atoms with Crippen molar-refractivity contribution in [3.8, 4) is 5.92 Å². The molecule has 0 bridgehead atoms. The summed E-state index contributed by atoms with van der Waals surface area (Å²) in [5.74, 6) is 2.40. The summed E-state index contributed by atoms with van der Waals surface area (Å²) in [5, 5.41) is 3.20. The van der Waals surface area contributed by atoms with Gasteiger partial charge in [0.1, 0.15) is 0 Å². The fraction of sp³-hybridized carbons (Fsp3) is 0.800. The number of nitrogens with one attached hydrogen (secondary N) is 1. The van der Waals surface area contributed by atoms with Crippen LogP contribution in [-0.2, 0) is 0 Å². The van der Waals surface area contributed by atoms with Gasteiger partial charge in [0.15, 0.2) is 0 Å². The lowest BCUT2D eigenvalue weighted by Gasteiger charge is -2.08. The highest BCUT2D eigenvalue weighted by molar-refractivity contribution is 4.74. The Morgan fingerprint density at radius 1 is 1.36 bits per heavy atom. The second-order valence-corrected chi connectivity index (χ2v) is 2.97. The molecule has 1 unspecified atom stereocenters. The van der Waals surface area contributed by atoms with Crippen LogP contribution in [0.1, 0.15) is 39.0 Å². The lowest BCUT2D eigenvalue weighted by atomic mass is 10.1. The first-order valence-electron chi connectivity index (χ1n) is 4.38. The molecule has 0 fully saturated rings. The zero-order valence-corrected chi connectivity index (χ0v) is 7.61. The SMILES string of the molecule is [C]#CCCCCCC(C)NC. The molecule has 0 aliphatic rings. The molecule has 0 aromatic carbocycles. The molecule has 0 aromatic rings. The Kier molecular flexibility index (Phi) is 7.29. The number of hydrogen-bond acceptors (Lipinski definition) is 1. The van der Waals surface area contributed by atoms with Crippen LogP contribution in [0.4, 0.5) is 0 Å². The van der Waals surface area contributed by atoms with Crippen LogP contribution in [-0.4, -0.2) is 13.1 Å². The molecule has 0 aliphatic carbocycles. The van der Waals surface area contributed by atoms with E-state index in [9.17, 15) is 0 Å². The molecule has 0 saturated heterocycles. The summed E-state index contributed by atoms with van der Waals surface area (Å²) >= 11 is 0. The van der Waals surface area contributed by atoms with Crippen LogP contribution >= 0.6 is 0 Å². The van der Waals surface area contributed by atoms with E-state index in [0.717, 1.165) is 12.8 Å². The third kappa shape index (κ3) is 7.42. The average Bonchev–Trinajstić information content (AvgIpc) is 2.04. The second-order valence-electron chi connectivity index (χ2n) is 2.97. The van der Waals surface area contributed by atoms with E-state index in [2.05, 4.69) is 18.2 Å². The van der Waals surface area contributed by atoms with Crippen molar-refractivity contribution >= 4 is 0 Å². The van der Waals surface area contributed by atoms with Crippen LogP contribution in [0, 0.1) is 12.3 Å². The predicted molar refractivity (Wildman–Crippen MR) is 48.7 cm³/mol. The van der Waals surface area contributed by atoms with E-state index in [0.29, 0.717) is 6.04 Å². The van der Waals surface area contributed by atoms with Gasteiger partial charge in [0.2, 0.25) is 0 Å². The van der Waals surface area contributed by atoms with Crippen molar-refractivity contribution in [1.82, 2.24) is 5.32 Å². The Bertz CT molecular complexity index is 113. The molecule has 0 aromatic heterocycles. The van der Waals surface area contributed by atoms with Gasteiger partial charge in [-0.3, -0.25) is 0 Å². The third-order valence-corrected chi connectivity index (χ3v) is 1.93. The Balaban J connectivity index is 2.97. The Morgan fingerprint density at radius 2 is 2.09 bits per heavy atom. The molecule has 0 heterocycles. The summed E-state index contributed by atoms with van der Waals surface area (Å²) < 4.78 is 0. The molecule has 0 amide bonds. The zero-order chi connectivity index (χ0) is 8.53. The molecule has 1 heteroatoms. The van der Waals surface area contributed by atoms with E-state index in [4.69, 9.17) is 6.42 Å². The highest BCUT2D eigenvalue weighted by atomic mass is 14.8. The van der Waals surface area contributed by atoms with Gasteiger partial charge in [-0.15, -0.1) is 0 Å². The summed E-state index contributed by atoms with van der Waals surface area (Å²) in [7, 11) is 2.00. The lowest BCUT2D eigenvalue weighted by Crippen LogP contribution is -2.20. The Labute approximate surface area is 70.6 Å². The quantitative estimate of drug-likeness (QED) is 0.454. The molecule has 0 rings (SSSR count). The fourth-order valence-corrected chi connectivity index (χ4v) is 0.985. The molecule has 11 heavy (non-hydrogen) atoms. The van der Waals surface area contributed by atoms with Gasteiger partial charge in [-0.25, -0.2) is 0 Å². The third-order valence-electron chi connectivity index (χ3n) is 1.93. The average molecular weight is 152 g/mol. The first-order chi connectivity index (χ1) is 5.31. The van der Waals surface area contributed by atoms with E-state index >= 15 is 0 Å². The Hall–Kier alpha value is -0.480. The van der Waals surface area contributed by atoms with Crippen LogP contribution in [0.3, 0.4) is 0 Å². The summed E-state index contributed by atoms with van der Waals surface area (Å²) in [5.41, 5.74) is 0. The Morgan fingerprint density at radius 3 is 2.64 bits per heavy atom. The van der Waals surface area contributed by atoms with Gasteiger partial charge in [-0.1, -0.05) is 18.8 Å². The largest absolute Gasteiger partial charge is 0.317 e. The van der Waals surface area contributed by atoms with E-state index in [1.165, 1.54) is 19.3 Å². The summed E-state index contributed by atoms with van der Waals surface area (Å²) in [4.78, 5) is 0. The van der Waals surface area contributed by atoms with Crippen molar-refractivity contribution < 1.29 is 0 Å². The molecule has 1 radical (unpaired) electrons. The number of hydrogen-bond donors (Lipinski definition) is 1. The first-order valence-corrected chi connectivity index (χ1v) is 4.38. The van der Waals surface area contributed by atoms with Gasteiger partial charge in [0, 0.05) is 12.5 Å². The minimum Gasteiger partial charge on any atom is -0.317 e. The molecule has 1 atom stereocenters. The van der Waals surface area contributed by atoms with Crippen LogP contribution in [0.25, 0.3) is 0 Å². The van der Waals surface area contributed by atoms with Crippen molar-refractivity contribution in [2.45, 2.75) is 45.1 Å². The van der Waals surface area contributed by atoms with Gasteiger partial charge in [0.25, 0.3) is 0 Å². The van der Waals surface area contributed by atoms with Gasteiger partial charge >= 0.3 is 0 Å².